The number of hydrogen-bond acceptors (Lipinski definition) is 6. The molecule has 0 radical (unpaired) electrons. The number of benzene rings is 1. The number of amides is 3. The number of nitrogens with one attached hydrogen (secondary N) is 2. The third-order valence-corrected chi connectivity index (χ3v) is 3.87. The van der Waals surface area contributed by atoms with Gasteiger partial charge in [0.15, 0.2) is 6.10 Å². The normalized spacial score (nSPS) is 11.0. The minimum atomic E-state index is -1.08. The first-order valence-electron chi connectivity index (χ1n) is 7.06. The van der Waals surface area contributed by atoms with Crippen molar-refractivity contribution < 1.29 is 19.1 Å². The number of anilines is 2. The number of rotatable bonds is 5. The van der Waals surface area contributed by atoms with Crippen molar-refractivity contribution in [3.63, 3.8) is 0 Å². The number of ether oxygens (including phenoxy) is 1. The topological polar surface area (TPSA) is 134 Å². The number of nitrogens with two attached hydrogens (primary N) is 1. The maximum atomic E-state index is 12.1. The van der Waals surface area contributed by atoms with E-state index in [1.807, 2.05) is 6.07 Å². The van der Waals surface area contributed by atoms with E-state index in [0.29, 0.717) is 16.3 Å². The van der Waals surface area contributed by atoms with Crippen LogP contribution < -0.4 is 16.4 Å². The van der Waals surface area contributed by atoms with E-state index in [-0.39, 0.29) is 5.56 Å². The van der Waals surface area contributed by atoms with Crippen LogP contribution >= 0.6 is 11.3 Å². The van der Waals surface area contributed by atoms with Crippen molar-refractivity contribution in [3.05, 3.63) is 46.8 Å². The van der Waals surface area contributed by atoms with Gasteiger partial charge in [-0.2, -0.15) is 5.26 Å². The molecule has 0 aliphatic carbocycles. The fourth-order valence-electron chi connectivity index (χ4n) is 1.86. The molecule has 0 aliphatic heterocycles. The van der Waals surface area contributed by atoms with Crippen molar-refractivity contribution in [1.82, 2.24) is 0 Å². The van der Waals surface area contributed by atoms with Gasteiger partial charge in [-0.1, -0.05) is 6.07 Å². The SMILES string of the molecule is C[C@H](OC(=O)c1cccc(NC(N)=O)c1)C(=O)Nc1sccc1C#N. The minimum absolute atomic E-state index is 0.153. The zero-order valence-corrected chi connectivity index (χ0v) is 13.9. The summed E-state index contributed by atoms with van der Waals surface area (Å²) in [5.41, 5.74) is 5.84. The van der Waals surface area contributed by atoms with E-state index in [2.05, 4.69) is 10.6 Å². The highest BCUT2D eigenvalue weighted by molar-refractivity contribution is 7.14. The van der Waals surface area contributed by atoms with Crippen molar-refractivity contribution in [2.24, 2.45) is 5.73 Å². The number of nitriles is 1. The van der Waals surface area contributed by atoms with Crippen molar-refractivity contribution in [2.75, 3.05) is 10.6 Å². The maximum Gasteiger partial charge on any atom is 0.338 e. The Hall–Kier alpha value is -3.38. The summed E-state index contributed by atoms with van der Waals surface area (Å²) in [7, 11) is 0. The molecule has 128 valence electrons. The number of urea groups is 1. The van der Waals surface area contributed by atoms with Gasteiger partial charge in [0, 0.05) is 5.69 Å². The van der Waals surface area contributed by atoms with Gasteiger partial charge in [0.05, 0.1) is 11.1 Å². The van der Waals surface area contributed by atoms with Gasteiger partial charge in [-0.15, -0.1) is 11.3 Å². The van der Waals surface area contributed by atoms with Crippen LogP contribution in [0.2, 0.25) is 0 Å². The molecular weight excluding hydrogens is 344 g/mol. The van der Waals surface area contributed by atoms with E-state index in [0.717, 1.165) is 0 Å². The first-order valence-corrected chi connectivity index (χ1v) is 7.94. The van der Waals surface area contributed by atoms with Gasteiger partial charge >= 0.3 is 12.0 Å². The molecule has 0 bridgehead atoms. The highest BCUT2D eigenvalue weighted by atomic mass is 32.1. The molecule has 0 saturated heterocycles. The predicted molar refractivity (Wildman–Crippen MR) is 92.2 cm³/mol. The number of hydrogen-bond donors (Lipinski definition) is 3. The summed E-state index contributed by atoms with van der Waals surface area (Å²) >= 11 is 1.20. The lowest BCUT2D eigenvalue weighted by atomic mass is 10.2. The Morgan fingerprint density at radius 1 is 1.28 bits per heavy atom. The number of carbonyl (C=O) groups excluding carboxylic acids is 3. The Balaban J connectivity index is 2.01. The van der Waals surface area contributed by atoms with Crippen molar-refractivity contribution in [1.29, 1.82) is 5.26 Å². The monoisotopic (exact) mass is 358 g/mol. The van der Waals surface area contributed by atoms with Crippen LogP contribution in [0.3, 0.4) is 0 Å². The molecule has 1 aromatic carbocycles. The van der Waals surface area contributed by atoms with Gasteiger partial charge in [0.1, 0.15) is 11.1 Å². The molecule has 9 heteroatoms. The highest BCUT2D eigenvalue weighted by Crippen LogP contribution is 2.22. The molecular formula is C16H14N4O4S. The number of carbonyl (C=O) groups is 3. The van der Waals surface area contributed by atoms with Crippen molar-refractivity contribution in [2.45, 2.75) is 13.0 Å². The molecule has 3 amide bonds. The lowest BCUT2D eigenvalue weighted by molar-refractivity contribution is -0.123. The van der Waals surface area contributed by atoms with Crippen LogP contribution in [0.4, 0.5) is 15.5 Å². The molecule has 0 aliphatic rings. The number of esters is 1. The summed E-state index contributed by atoms with van der Waals surface area (Å²) in [6, 6.07) is 8.72. The average molecular weight is 358 g/mol. The van der Waals surface area contributed by atoms with Gasteiger partial charge in [-0.05, 0) is 36.6 Å². The Morgan fingerprint density at radius 3 is 2.72 bits per heavy atom. The third-order valence-electron chi connectivity index (χ3n) is 3.04. The molecule has 1 heterocycles. The molecule has 1 atom stereocenters. The van der Waals surface area contributed by atoms with Crippen molar-refractivity contribution in [3.8, 4) is 6.07 Å². The fraction of sp³-hybridized carbons (Fsp3) is 0.125. The molecule has 0 saturated carbocycles. The smallest absolute Gasteiger partial charge is 0.338 e. The maximum absolute atomic E-state index is 12.1. The summed E-state index contributed by atoms with van der Waals surface area (Å²) in [6.07, 6.45) is -1.08. The molecule has 4 N–H and O–H groups in total. The number of thiophene rings is 1. The van der Waals surface area contributed by atoms with Gasteiger partial charge in [-0.3, -0.25) is 4.79 Å². The van der Waals surface area contributed by atoms with Gasteiger partial charge < -0.3 is 21.1 Å². The zero-order valence-electron chi connectivity index (χ0n) is 13.1. The predicted octanol–water partition coefficient (Wildman–Crippen LogP) is 2.29. The largest absolute Gasteiger partial charge is 0.449 e. The van der Waals surface area contributed by atoms with E-state index in [1.165, 1.54) is 36.5 Å². The van der Waals surface area contributed by atoms with E-state index in [1.54, 1.807) is 17.5 Å². The van der Waals surface area contributed by atoms with Crippen molar-refractivity contribution >= 4 is 39.9 Å². The number of primary amides is 1. The van der Waals surface area contributed by atoms with Crippen LogP contribution in [-0.4, -0.2) is 24.0 Å². The first-order chi connectivity index (χ1) is 11.9. The van der Waals surface area contributed by atoms with Gasteiger partial charge in [-0.25, -0.2) is 9.59 Å². The lowest BCUT2D eigenvalue weighted by Gasteiger charge is -2.13. The molecule has 0 spiro atoms. The fourth-order valence-corrected chi connectivity index (χ4v) is 2.60. The van der Waals surface area contributed by atoms with Gasteiger partial charge in [0.25, 0.3) is 5.91 Å². The van der Waals surface area contributed by atoms with Crippen LogP contribution in [0.1, 0.15) is 22.8 Å². The Morgan fingerprint density at radius 2 is 2.04 bits per heavy atom. The quantitative estimate of drug-likeness (QED) is 0.705. The second-order valence-corrected chi connectivity index (χ2v) is 5.80. The zero-order chi connectivity index (χ0) is 18.4. The molecule has 2 rings (SSSR count). The van der Waals surface area contributed by atoms with Crippen LogP contribution in [0, 0.1) is 11.3 Å². The van der Waals surface area contributed by atoms with Crippen LogP contribution in [0.15, 0.2) is 35.7 Å². The first kappa shape index (κ1) is 18.0. The minimum Gasteiger partial charge on any atom is -0.449 e. The lowest BCUT2D eigenvalue weighted by Crippen LogP contribution is -2.30. The summed E-state index contributed by atoms with van der Waals surface area (Å²) in [4.78, 5) is 35.1. The molecule has 25 heavy (non-hydrogen) atoms. The second kappa shape index (κ2) is 7.94. The summed E-state index contributed by atoms with van der Waals surface area (Å²) in [5.74, 6) is -1.29. The molecule has 0 fully saturated rings. The molecule has 2 aromatic rings. The third kappa shape index (κ3) is 4.79. The summed E-state index contributed by atoms with van der Waals surface area (Å²) < 4.78 is 5.11. The Labute approximate surface area is 147 Å². The van der Waals surface area contributed by atoms with E-state index < -0.39 is 24.0 Å². The average Bonchev–Trinajstić information content (AvgIpc) is 3.01. The Kier molecular flexibility index (Phi) is 5.71. The summed E-state index contributed by atoms with van der Waals surface area (Å²) in [5, 5.41) is 15.9. The Bertz CT molecular complexity index is 856. The van der Waals surface area contributed by atoms with Crippen LogP contribution in [0.5, 0.6) is 0 Å². The second-order valence-electron chi connectivity index (χ2n) is 4.88. The standard InChI is InChI=1S/C16H14N4O4S/c1-9(13(21)20-14-11(8-17)5-6-25-14)24-15(22)10-3-2-4-12(7-10)19-16(18)23/h2-7,9H,1H3,(H,20,21)(H3,18,19,23)/t9-/m0/s1. The van der Waals surface area contributed by atoms with Gasteiger partial charge in [0.2, 0.25) is 0 Å². The summed E-state index contributed by atoms with van der Waals surface area (Å²) in [6.45, 7) is 1.42. The highest BCUT2D eigenvalue weighted by Gasteiger charge is 2.20. The van der Waals surface area contributed by atoms with E-state index in [9.17, 15) is 14.4 Å². The van der Waals surface area contributed by atoms with Crippen LogP contribution in [-0.2, 0) is 9.53 Å². The molecule has 1 aromatic heterocycles. The number of nitrogens with zero attached hydrogens (tertiary/aromatic N) is 1. The van der Waals surface area contributed by atoms with E-state index in [4.69, 9.17) is 15.7 Å². The van der Waals surface area contributed by atoms with E-state index >= 15 is 0 Å². The van der Waals surface area contributed by atoms with Crippen LogP contribution in [0.25, 0.3) is 0 Å². The molecule has 8 nitrogen and oxygen atoms in total. The molecule has 0 unspecified atom stereocenters.